The van der Waals surface area contributed by atoms with Crippen molar-refractivity contribution in [1.82, 2.24) is 0 Å². The lowest BCUT2D eigenvalue weighted by atomic mass is 9.81. The molecule has 2 rings (SSSR count). The fourth-order valence-electron chi connectivity index (χ4n) is 2.41. The molecule has 0 atom stereocenters. The topological polar surface area (TPSA) is 66.4 Å². The average Bonchev–Trinajstić information content (AvgIpc) is 2.39. The number of anilines is 1. The molecular formula is C14H16FNO3. The predicted octanol–water partition coefficient (Wildman–Crippen LogP) is 2.66. The summed E-state index contributed by atoms with van der Waals surface area (Å²) in [5.41, 5.74) is 0.436. The first-order valence-electron chi connectivity index (χ1n) is 6.35. The normalized spacial score (nSPS) is 22.8. The molecule has 0 bridgehead atoms. The number of benzene rings is 1. The van der Waals surface area contributed by atoms with E-state index >= 15 is 0 Å². The SMILES string of the molecule is O=C(O)C1CCC(C(=O)Nc2cccc(F)c2)CC1. The molecule has 102 valence electrons. The molecule has 0 unspecified atom stereocenters. The lowest BCUT2D eigenvalue weighted by Gasteiger charge is -2.25. The number of carbonyl (C=O) groups excluding carboxylic acids is 1. The van der Waals surface area contributed by atoms with Crippen LogP contribution in [0.25, 0.3) is 0 Å². The van der Waals surface area contributed by atoms with Crippen LogP contribution >= 0.6 is 0 Å². The molecule has 0 radical (unpaired) electrons. The summed E-state index contributed by atoms with van der Waals surface area (Å²) >= 11 is 0. The molecule has 0 saturated heterocycles. The van der Waals surface area contributed by atoms with Crippen molar-refractivity contribution in [2.45, 2.75) is 25.7 Å². The minimum Gasteiger partial charge on any atom is -0.481 e. The zero-order valence-electron chi connectivity index (χ0n) is 10.4. The summed E-state index contributed by atoms with van der Waals surface area (Å²) in [6.45, 7) is 0. The van der Waals surface area contributed by atoms with Crippen molar-refractivity contribution in [2.24, 2.45) is 11.8 Å². The molecule has 1 aliphatic rings. The number of carboxylic acid groups (broad SMARTS) is 1. The van der Waals surface area contributed by atoms with Gasteiger partial charge in [0.05, 0.1) is 5.92 Å². The quantitative estimate of drug-likeness (QED) is 0.883. The highest BCUT2D eigenvalue weighted by Crippen LogP contribution is 2.29. The van der Waals surface area contributed by atoms with E-state index in [0.717, 1.165) is 0 Å². The maximum atomic E-state index is 13.0. The Morgan fingerprint density at radius 1 is 1.16 bits per heavy atom. The monoisotopic (exact) mass is 265 g/mol. The Labute approximate surface area is 110 Å². The largest absolute Gasteiger partial charge is 0.481 e. The molecule has 1 aromatic carbocycles. The molecule has 4 nitrogen and oxygen atoms in total. The van der Waals surface area contributed by atoms with Gasteiger partial charge in [-0.3, -0.25) is 9.59 Å². The van der Waals surface area contributed by atoms with Gasteiger partial charge in [-0.15, -0.1) is 0 Å². The highest BCUT2D eigenvalue weighted by molar-refractivity contribution is 5.92. The number of amides is 1. The van der Waals surface area contributed by atoms with E-state index < -0.39 is 11.8 Å². The van der Waals surface area contributed by atoms with Crippen molar-refractivity contribution in [1.29, 1.82) is 0 Å². The summed E-state index contributed by atoms with van der Waals surface area (Å²) in [4.78, 5) is 22.8. The predicted molar refractivity (Wildman–Crippen MR) is 68.1 cm³/mol. The highest BCUT2D eigenvalue weighted by Gasteiger charge is 2.29. The first kappa shape index (κ1) is 13.5. The van der Waals surface area contributed by atoms with Gasteiger partial charge in [0.1, 0.15) is 5.82 Å². The van der Waals surface area contributed by atoms with Crippen LogP contribution in [0.2, 0.25) is 0 Å². The second-order valence-corrected chi connectivity index (χ2v) is 4.89. The third-order valence-electron chi connectivity index (χ3n) is 3.54. The van der Waals surface area contributed by atoms with Crippen LogP contribution in [0, 0.1) is 17.7 Å². The summed E-state index contributed by atoms with van der Waals surface area (Å²) in [6, 6.07) is 5.74. The molecule has 0 spiro atoms. The number of hydrogen-bond acceptors (Lipinski definition) is 2. The number of hydrogen-bond donors (Lipinski definition) is 2. The molecule has 2 N–H and O–H groups in total. The molecule has 0 aromatic heterocycles. The van der Waals surface area contributed by atoms with E-state index in [1.54, 1.807) is 6.07 Å². The lowest BCUT2D eigenvalue weighted by molar-refractivity contribution is -0.143. The Morgan fingerprint density at radius 2 is 1.79 bits per heavy atom. The van der Waals surface area contributed by atoms with Crippen LogP contribution in [-0.4, -0.2) is 17.0 Å². The summed E-state index contributed by atoms with van der Waals surface area (Å²) in [5.74, 6) is -1.86. The zero-order valence-corrected chi connectivity index (χ0v) is 10.4. The Bertz CT molecular complexity index is 481. The number of halogens is 1. The van der Waals surface area contributed by atoms with E-state index in [1.807, 2.05) is 0 Å². The summed E-state index contributed by atoms with van der Waals surface area (Å²) < 4.78 is 13.0. The van der Waals surface area contributed by atoms with Gasteiger partial charge in [-0.25, -0.2) is 4.39 Å². The number of carbonyl (C=O) groups is 2. The number of aliphatic carboxylic acids is 1. The van der Waals surface area contributed by atoms with E-state index in [2.05, 4.69) is 5.32 Å². The third-order valence-corrected chi connectivity index (χ3v) is 3.54. The van der Waals surface area contributed by atoms with Crippen molar-refractivity contribution < 1.29 is 19.1 Å². The van der Waals surface area contributed by atoms with E-state index in [-0.39, 0.29) is 17.7 Å². The zero-order chi connectivity index (χ0) is 13.8. The van der Waals surface area contributed by atoms with Gasteiger partial charge in [0.2, 0.25) is 5.91 Å². The Hall–Kier alpha value is -1.91. The second-order valence-electron chi connectivity index (χ2n) is 4.89. The van der Waals surface area contributed by atoms with E-state index in [4.69, 9.17) is 5.11 Å². The molecule has 19 heavy (non-hydrogen) atoms. The van der Waals surface area contributed by atoms with Gasteiger partial charge in [0.25, 0.3) is 0 Å². The Morgan fingerprint density at radius 3 is 2.37 bits per heavy atom. The van der Waals surface area contributed by atoms with E-state index in [0.29, 0.717) is 31.4 Å². The smallest absolute Gasteiger partial charge is 0.306 e. The Balaban J connectivity index is 1.90. The van der Waals surface area contributed by atoms with E-state index in [1.165, 1.54) is 18.2 Å². The highest BCUT2D eigenvalue weighted by atomic mass is 19.1. The summed E-state index contributed by atoms with van der Waals surface area (Å²) in [7, 11) is 0. The van der Waals surface area contributed by atoms with Gasteiger partial charge in [0, 0.05) is 11.6 Å². The molecule has 1 aromatic rings. The van der Waals surface area contributed by atoms with Crippen LogP contribution in [0.1, 0.15) is 25.7 Å². The standard InChI is InChI=1S/C14H16FNO3/c15-11-2-1-3-12(8-11)16-13(17)9-4-6-10(7-5-9)14(18)19/h1-3,8-10H,4-7H2,(H,16,17)(H,18,19). The summed E-state index contributed by atoms with van der Waals surface area (Å²) in [6.07, 6.45) is 2.18. The first-order valence-corrected chi connectivity index (χ1v) is 6.35. The second kappa shape index (κ2) is 5.82. The molecule has 5 heteroatoms. The van der Waals surface area contributed by atoms with E-state index in [9.17, 15) is 14.0 Å². The number of carboxylic acids is 1. The van der Waals surface area contributed by atoms with Crippen molar-refractivity contribution in [2.75, 3.05) is 5.32 Å². The third kappa shape index (κ3) is 3.53. The first-order chi connectivity index (χ1) is 9.06. The molecule has 0 aliphatic heterocycles. The minimum atomic E-state index is -0.788. The molecule has 1 saturated carbocycles. The molecule has 1 aliphatic carbocycles. The number of nitrogens with one attached hydrogen (secondary N) is 1. The van der Waals surface area contributed by atoms with Crippen molar-refractivity contribution in [3.8, 4) is 0 Å². The van der Waals surface area contributed by atoms with Gasteiger partial charge in [-0.1, -0.05) is 6.07 Å². The van der Waals surface area contributed by atoms with Crippen LogP contribution < -0.4 is 5.32 Å². The Kier molecular flexibility index (Phi) is 4.14. The molecule has 1 amide bonds. The van der Waals surface area contributed by atoms with Crippen LogP contribution in [0.4, 0.5) is 10.1 Å². The van der Waals surface area contributed by atoms with Crippen LogP contribution in [0.3, 0.4) is 0 Å². The molecule has 0 heterocycles. The molecular weight excluding hydrogens is 249 g/mol. The minimum absolute atomic E-state index is 0.158. The van der Waals surface area contributed by atoms with Gasteiger partial charge in [0.15, 0.2) is 0 Å². The van der Waals surface area contributed by atoms with Crippen LogP contribution in [-0.2, 0) is 9.59 Å². The fourth-order valence-corrected chi connectivity index (χ4v) is 2.41. The number of rotatable bonds is 3. The van der Waals surface area contributed by atoms with Crippen LogP contribution in [0.5, 0.6) is 0 Å². The average molecular weight is 265 g/mol. The van der Waals surface area contributed by atoms with Crippen molar-refractivity contribution >= 4 is 17.6 Å². The maximum Gasteiger partial charge on any atom is 0.306 e. The van der Waals surface area contributed by atoms with Crippen molar-refractivity contribution in [3.63, 3.8) is 0 Å². The van der Waals surface area contributed by atoms with Crippen LogP contribution in [0.15, 0.2) is 24.3 Å². The maximum absolute atomic E-state index is 13.0. The fraction of sp³-hybridized carbons (Fsp3) is 0.429. The summed E-state index contributed by atoms with van der Waals surface area (Å²) in [5, 5.41) is 11.6. The lowest BCUT2D eigenvalue weighted by Crippen LogP contribution is -2.29. The van der Waals surface area contributed by atoms with Gasteiger partial charge in [-0.2, -0.15) is 0 Å². The van der Waals surface area contributed by atoms with Gasteiger partial charge in [-0.05, 0) is 43.9 Å². The van der Waals surface area contributed by atoms with Gasteiger partial charge < -0.3 is 10.4 Å². The van der Waals surface area contributed by atoms with Crippen molar-refractivity contribution in [3.05, 3.63) is 30.1 Å². The molecule has 1 fully saturated rings. The van der Waals surface area contributed by atoms with Gasteiger partial charge >= 0.3 is 5.97 Å².